The zero-order valence-electron chi connectivity index (χ0n) is 16.6. The zero-order chi connectivity index (χ0) is 20.2. The molecule has 0 amide bonds. The Hall–Kier alpha value is -3.18. The van der Waals surface area contributed by atoms with Gasteiger partial charge in [-0.05, 0) is 67.6 Å². The minimum atomic E-state index is 0.649. The average molecular weight is 414 g/mol. The van der Waals surface area contributed by atoms with Gasteiger partial charge < -0.3 is 4.57 Å². The lowest BCUT2D eigenvalue weighted by Gasteiger charge is -2.09. The summed E-state index contributed by atoms with van der Waals surface area (Å²) in [6, 6.07) is 14.7. The molecule has 0 aliphatic heterocycles. The summed E-state index contributed by atoms with van der Waals surface area (Å²) in [5.41, 5.74) is 6.04. The Kier molecular flexibility index (Phi) is 3.93. The molecule has 0 unspecified atom stereocenters. The number of nitrogens with zero attached hydrogens (tertiary/aromatic N) is 5. The van der Waals surface area contributed by atoms with Crippen LogP contribution in [-0.2, 0) is 6.42 Å². The van der Waals surface area contributed by atoms with Gasteiger partial charge >= 0.3 is 0 Å². The van der Waals surface area contributed by atoms with Gasteiger partial charge in [-0.25, -0.2) is 0 Å². The molecule has 1 aliphatic rings. The molecule has 6 heteroatoms. The Morgan fingerprint density at radius 3 is 2.77 bits per heavy atom. The summed E-state index contributed by atoms with van der Waals surface area (Å²) in [5, 5.41) is 10.6. The summed E-state index contributed by atoms with van der Waals surface area (Å²) in [5.74, 6) is 1.76. The van der Waals surface area contributed by atoms with Crippen molar-refractivity contribution in [3.8, 4) is 16.8 Å². The Labute approximate surface area is 179 Å². The number of benzene rings is 1. The molecule has 0 N–H and O–H groups in total. The highest BCUT2D eigenvalue weighted by Crippen LogP contribution is 2.35. The van der Waals surface area contributed by atoms with Crippen molar-refractivity contribution in [2.45, 2.75) is 26.2 Å². The van der Waals surface area contributed by atoms with Crippen molar-refractivity contribution in [3.05, 3.63) is 77.6 Å². The van der Waals surface area contributed by atoms with Crippen LogP contribution in [0.1, 0.15) is 24.4 Å². The number of hydrogen-bond acceptors (Lipinski definition) is 3. The van der Waals surface area contributed by atoms with Crippen molar-refractivity contribution in [2.24, 2.45) is 5.92 Å². The van der Waals surface area contributed by atoms with E-state index >= 15 is 0 Å². The molecule has 0 radical (unpaired) electrons. The van der Waals surface area contributed by atoms with E-state index in [9.17, 15) is 0 Å². The summed E-state index contributed by atoms with van der Waals surface area (Å²) in [7, 11) is 0. The molecule has 0 atom stereocenters. The number of rotatable bonds is 4. The van der Waals surface area contributed by atoms with E-state index in [2.05, 4.69) is 62.3 Å². The van der Waals surface area contributed by atoms with Crippen molar-refractivity contribution in [3.63, 3.8) is 0 Å². The maximum atomic E-state index is 6.78. The summed E-state index contributed by atoms with van der Waals surface area (Å²) in [4.78, 5) is 4.30. The maximum Gasteiger partial charge on any atom is 0.180 e. The van der Waals surface area contributed by atoms with Crippen LogP contribution in [-0.4, -0.2) is 24.1 Å². The lowest BCUT2D eigenvalue weighted by molar-refractivity contribution is 0.758. The van der Waals surface area contributed by atoms with Gasteiger partial charge in [0, 0.05) is 47.3 Å². The fraction of sp³-hybridized carbons (Fsp3) is 0.208. The van der Waals surface area contributed by atoms with Crippen molar-refractivity contribution < 1.29 is 0 Å². The van der Waals surface area contributed by atoms with Gasteiger partial charge in [0.05, 0.1) is 10.5 Å². The first-order valence-corrected chi connectivity index (χ1v) is 10.6. The van der Waals surface area contributed by atoms with Gasteiger partial charge in [0.25, 0.3) is 0 Å². The van der Waals surface area contributed by atoms with E-state index in [0.717, 1.165) is 57.2 Å². The second-order valence-electron chi connectivity index (χ2n) is 8.12. The smallest absolute Gasteiger partial charge is 0.180 e. The van der Waals surface area contributed by atoms with Crippen molar-refractivity contribution in [2.75, 3.05) is 0 Å². The van der Waals surface area contributed by atoms with Crippen LogP contribution in [0.25, 0.3) is 33.4 Å². The summed E-state index contributed by atoms with van der Waals surface area (Å²) in [6.45, 7) is 2.01. The maximum absolute atomic E-state index is 6.78. The second-order valence-corrected chi connectivity index (χ2v) is 8.49. The van der Waals surface area contributed by atoms with Crippen LogP contribution < -0.4 is 0 Å². The van der Waals surface area contributed by atoms with Crippen molar-refractivity contribution in [1.29, 1.82) is 0 Å². The van der Waals surface area contributed by atoms with Gasteiger partial charge in [0.15, 0.2) is 5.65 Å². The van der Waals surface area contributed by atoms with Gasteiger partial charge in [-0.2, -0.15) is 0 Å². The van der Waals surface area contributed by atoms with E-state index in [1.54, 1.807) is 0 Å². The molecule has 1 aromatic carbocycles. The van der Waals surface area contributed by atoms with E-state index < -0.39 is 0 Å². The van der Waals surface area contributed by atoms with Crippen LogP contribution in [0.3, 0.4) is 0 Å². The number of aromatic nitrogens is 5. The number of pyridine rings is 2. The molecule has 1 fully saturated rings. The van der Waals surface area contributed by atoms with Gasteiger partial charge in [-0.3, -0.25) is 9.38 Å². The van der Waals surface area contributed by atoms with Crippen LogP contribution in [0.5, 0.6) is 0 Å². The van der Waals surface area contributed by atoms with Gasteiger partial charge in [0.2, 0.25) is 0 Å². The molecule has 4 aromatic heterocycles. The fourth-order valence-corrected chi connectivity index (χ4v) is 4.43. The van der Waals surface area contributed by atoms with Crippen LogP contribution >= 0.6 is 11.6 Å². The molecular formula is C24H20ClN5. The molecule has 0 saturated heterocycles. The molecule has 5 aromatic rings. The molecule has 1 saturated carbocycles. The Balaban J connectivity index is 1.42. The largest absolute Gasteiger partial charge is 0.316 e. The summed E-state index contributed by atoms with van der Waals surface area (Å²) < 4.78 is 4.21. The average Bonchev–Trinajstić information content (AvgIpc) is 3.31. The molecule has 5 nitrogen and oxygen atoms in total. The van der Waals surface area contributed by atoms with E-state index in [4.69, 9.17) is 11.6 Å². The predicted molar refractivity (Wildman–Crippen MR) is 119 cm³/mol. The fourth-order valence-electron chi connectivity index (χ4n) is 4.13. The van der Waals surface area contributed by atoms with E-state index in [-0.39, 0.29) is 0 Å². The van der Waals surface area contributed by atoms with E-state index in [0.29, 0.717) is 5.02 Å². The second kappa shape index (κ2) is 6.67. The monoisotopic (exact) mass is 413 g/mol. The van der Waals surface area contributed by atoms with Gasteiger partial charge in [-0.1, -0.05) is 17.7 Å². The first-order chi connectivity index (χ1) is 14.7. The molecule has 0 spiro atoms. The lowest BCUT2D eigenvalue weighted by Crippen LogP contribution is -1.97. The highest BCUT2D eigenvalue weighted by atomic mass is 35.5. The molecule has 0 bridgehead atoms. The first-order valence-electron chi connectivity index (χ1n) is 10.2. The quantitative estimate of drug-likeness (QED) is 0.382. The SMILES string of the molecule is Cc1cc(-n2ccc3cc(-c4ccn5c(CC6CC6)nnc5c4Cl)ccc32)ccn1. The third kappa shape index (κ3) is 2.89. The highest BCUT2D eigenvalue weighted by molar-refractivity contribution is 6.36. The molecular weight excluding hydrogens is 394 g/mol. The molecule has 1 aliphatic carbocycles. The molecule has 6 rings (SSSR count). The molecule has 148 valence electrons. The topological polar surface area (TPSA) is 48.0 Å². The number of hydrogen-bond donors (Lipinski definition) is 0. The van der Waals surface area contributed by atoms with Gasteiger partial charge in [-0.15, -0.1) is 10.2 Å². The van der Waals surface area contributed by atoms with Crippen LogP contribution in [0.4, 0.5) is 0 Å². The third-order valence-electron chi connectivity index (χ3n) is 5.92. The number of fused-ring (bicyclic) bond motifs is 2. The first kappa shape index (κ1) is 17.7. The van der Waals surface area contributed by atoms with Crippen LogP contribution in [0.2, 0.25) is 5.02 Å². The Morgan fingerprint density at radius 1 is 1.03 bits per heavy atom. The summed E-state index contributed by atoms with van der Waals surface area (Å²) >= 11 is 6.78. The van der Waals surface area contributed by atoms with Crippen molar-refractivity contribution in [1.82, 2.24) is 24.1 Å². The van der Waals surface area contributed by atoms with Gasteiger partial charge in [0.1, 0.15) is 5.82 Å². The predicted octanol–water partition coefficient (Wildman–Crippen LogP) is 5.65. The van der Waals surface area contributed by atoms with E-state index in [1.807, 2.05) is 29.8 Å². The standard InChI is InChI=1S/C24H20ClN5/c1-15-12-19(6-9-26-15)29-10-7-18-14-17(4-5-21(18)29)20-8-11-30-22(13-16-2-3-16)27-28-24(30)23(20)25/h4-12,14,16H,2-3,13H2,1H3. The molecule has 30 heavy (non-hydrogen) atoms. The Morgan fingerprint density at radius 2 is 1.93 bits per heavy atom. The van der Waals surface area contributed by atoms with Crippen molar-refractivity contribution >= 4 is 28.2 Å². The number of aryl methyl sites for hydroxylation is 1. The normalized spacial score (nSPS) is 14.1. The minimum absolute atomic E-state index is 0.649. The minimum Gasteiger partial charge on any atom is -0.316 e. The Bertz CT molecular complexity index is 1410. The lowest BCUT2D eigenvalue weighted by atomic mass is 10.0. The molecule has 4 heterocycles. The number of halogens is 1. The van der Waals surface area contributed by atoms with E-state index in [1.165, 1.54) is 12.8 Å². The van der Waals surface area contributed by atoms with Crippen LogP contribution in [0.15, 0.2) is 61.1 Å². The zero-order valence-corrected chi connectivity index (χ0v) is 17.3. The van der Waals surface area contributed by atoms with Crippen LogP contribution in [0, 0.1) is 12.8 Å². The highest BCUT2D eigenvalue weighted by Gasteiger charge is 2.24. The third-order valence-corrected chi connectivity index (χ3v) is 6.29. The summed E-state index contributed by atoms with van der Waals surface area (Å²) in [6.07, 6.45) is 9.54.